The Labute approximate surface area is 79.0 Å². The summed E-state index contributed by atoms with van der Waals surface area (Å²) in [4.78, 5) is 13.0. The lowest BCUT2D eigenvalue weighted by molar-refractivity contribution is 0.0433. The molecule has 2 N–H and O–H groups in total. The predicted molar refractivity (Wildman–Crippen MR) is 50.3 cm³/mol. The molecule has 1 saturated heterocycles. The zero-order chi connectivity index (χ0) is 9.84. The Hall–Kier alpha value is -0.770. The first kappa shape index (κ1) is 10.3. The molecule has 76 valence electrons. The summed E-state index contributed by atoms with van der Waals surface area (Å²) in [6.45, 7) is 6.77. The van der Waals surface area contributed by atoms with Crippen molar-refractivity contribution in [1.82, 2.24) is 4.90 Å². The van der Waals surface area contributed by atoms with Gasteiger partial charge in [-0.25, -0.2) is 4.79 Å². The van der Waals surface area contributed by atoms with Gasteiger partial charge in [-0.05, 0) is 12.5 Å². The lowest BCUT2D eigenvalue weighted by Gasteiger charge is -2.31. The molecule has 0 saturated carbocycles. The van der Waals surface area contributed by atoms with E-state index in [1.165, 1.54) is 0 Å². The lowest BCUT2D eigenvalue weighted by atomic mass is 10.1. The number of carbonyl (C=O) groups is 1. The molecular formula is C9H18N2O2. The maximum atomic E-state index is 11.3. The van der Waals surface area contributed by atoms with Crippen molar-refractivity contribution in [2.24, 2.45) is 17.6 Å². The zero-order valence-corrected chi connectivity index (χ0v) is 8.32. The SMILES string of the molecule is CC(CN)CN1CC(C)COC1=O. The fourth-order valence-electron chi connectivity index (χ4n) is 1.41. The van der Waals surface area contributed by atoms with Gasteiger partial charge >= 0.3 is 6.09 Å². The van der Waals surface area contributed by atoms with E-state index in [9.17, 15) is 4.79 Å². The zero-order valence-electron chi connectivity index (χ0n) is 8.32. The standard InChI is InChI=1S/C9H18N2O2/c1-7(3-10)4-11-5-8(2)6-13-9(11)12/h7-8H,3-6,10H2,1-2H3. The number of amides is 1. The Kier molecular flexibility index (Phi) is 3.54. The molecular weight excluding hydrogens is 168 g/mol. The molecule has 0 aliphatic carbocycles. The van der Waals surface area contributed by atoms with E-state index in [0.29, 0.717) is 31.5 Å². The largest absolute Gasteiger partial charge is 0.449 e. The van der Waals surface area contributed by atoms with Crippen molar-refractivity contribution in [2.75, 3.05) is 26.2 Å². The van der Waals surface area contributed by atoms with Crippen LogP contribution in [-0.4, -0.2) is 37.2 Å². The number of hydrogen-bond donors (Lipinski definition) is 1. The number of rotatable bonds is 3. The van der Waals surface area contributed by atoms with Gasteiger partial charge in [-0.2, -0.15) is 0 Å². The lowest BCUT2D eigenvalue weighted by Crippen LogP contribution is -2.44. The van der Waals surface area contributed by atoms with Crippen LogP contribution in [-0.2, 0) is 4.74 Å². The van der Waals surface area contributed by atoms with E-state index in [0.717, 1.165) is 6.54 Å². The molecule has 1 fully saturated rings. The number of nitrogens with two attached hydrogens (primary N) is 1. The van der Waals surface area contributed by atoms with E-state index in [-0.39, 0.29) is 6.09 Å². The minimum Gasteiger partial charge on any atom is -0.449 e. The van der Waals surface area contributed by atoms with E-state index >= 15 is 0 Å². The van der Waals surface area contributed by atoms with Crippen LogP contribution >= 0.6 is 0 Å². The summed E-state index contributed by atoms with van der Waals surface area (Å²) in [6.07, 6.45) is -0.196. The predicted octanol–water partition coefficient (Wildman–Crippen LogP) is 0.670. The Morgan fingerprint density at radius 2 is 2.46 bits per heavy atom. The maximum absolute atomic E-state index is 11.3. The van der Waals surface area contributed by atoms with Gasteiger partial charge in [0.2, 0.25) is 0 Å². The molecule has 1 heterocycles. The first-order valence-corrected chi connectivity index (χ1v) is 4.75. The van der Waals surface area contributed by atoms with Crippen molar-refractivity contribution in [2.45, 2.75) is 13.8 Å². The molecule has 2 atom stereocenters. The highest BCUT2D eigenvalue weighted by atomic mass is 16.6. The van der Waals surface area contributed by atoms with Gasteiger partial charge in [0.15, 0.2) is 0 Å². The first-order valence-electron chi connectivity index (χ1n) is 4.75. The van der Waals surface area contributed by atoms with E-state index in [1.54, 1.807) is 4.90 Å². The molecule has 0 aromatic rings. The quantitative estimate of drug-likeness (QED) is 0.704. The van der Waals surface area contributed by atoms with Gasteiger partial charge in [0, 0.05) is 19.0 Å². The van der Waals surface area contributed by atoms with Crippen molar-refractivity contribution in [3.8, 4) is 0 Å². The summed E-state index contributed by atoms with van der Waals surface area (Å²) in [5.41, 5.74) is 5.49. The van der Waals surface area contributed by atoms with Gasteiger partial charge in [0.1, 0.15) is 0 Å². The van der Waals surface area contributed by atoms with Crippen LogP contribution in [0.1, 0.15) is 13.8 Å². The third kappa shape index (κ3) is 2.88. The summed E-state index contributed by atoms with van der Waals surface area (Å²) in [6, 6.07) is 0. The monoisotopic (exact) mass is 186 g/mol. The highest BCUT2D eigenvalue weighted by Gasteiger charge is 2.25. The van der Waals surface area contributed by atoms with Crippen LogP contribution in [0.4, 0.5) is 4.79 Å². The van der Waals surface area contributed by atoms with E-state index < -0.39 is 0 Å². The molecule has 0 aromatic heterocycles. The van der Waals surface area contributed by atoms with Crippen LogP contribution in [0.15, 0.2) is 0 Å². The second-order valence-corrected chi connectivity index (χ2v) is 3.93. The minimum atomic E-state index is -0.196. The van der Waals surface area contributed by atoms with Crippen LogP contribution in [0, 0.1) is 11.8 Å². The number of nitrogens with zero attached hydrogens (tertiary/aromatic N) is 1. The summed E-state index contributed by atoms with van der Waals surface area (Å²) in [7, 11) is 0. The minimum absolute atomic E-state index is 0.196. The number of ether oxygens (including phenoxy) is 1. The van der Waals surface area contributed by atoms with Crippen LogP contribution in [0.2, 0.25) is 0 Å². The third-order valence-electron chi connectivity index (χ3n) is 2.22. The molecule has 4 heteroatoms. The number of cyclic esters (lactones) is 1. The number of hydrogen-bond acceptors (Lipinski definition) is 3. The second kappa shape index (κ2) is 4.46. The molecule has 0 bridgehead atoms. The van der Waals surface area contributed by atoms with E-state index in [1.807, 2.05) is 6.92 Å². The maximum Gasteiger partial charge on any atom is 0.409 e. The molecule has 1 aliphatic rings. The average Bonchev–Trinajstić information content (AvgIpc) is 2.11. The normalized spacial score (nSPS) is 25.6. The highest BCUT2D eigenvalue weighted by Crippen LogP contribution is 2.11. The molecule has 0 spiro atoms. The third-order valence-corrected chi connectivity index (χ3v) is 2.22. The highest BCUT2D eigenvalue weighted by molar-refractivity contribution is 5.68. The Balaban J connectivity index is 2.42. The van der Waals surface area contributed by atoms with Gasteiger partial charge in [-0.1, -0.05) is 13.8 Å². The van der Waals surface area contributed by atoms with E-state index in [2.05, 4.69) is 6.92 Å². The first-order chi connectivity index (χ1) is 6.13. The fourth-order valence-corrected chi connectivity index (χ4v) is 1.41. The Bertz CT molecular complexity index is 184. The van der Waals surface area contributed by atoms with Crippen LogP contribution in [0.25, 0.3) is 0 Å². The molecule has 1 amide bonds. The van der Waals surface area contributed by atoms with Crippen molar-refractivity contribution in [1.29, 1.82) is 0 Å². The smallest absolute Gasteiger partial charge is 0.409 e. The van der Waals surface area contributed by atoms with Gasteiger partial charge < -0.3 is 15.4 Å². The topological polar surface area (TPSA) is 55.6 Å². The molecule has 13 heavy (non-hydrogen) atoms. The van der Waals surface area contributed by atoms with Gasteiger partial charge in [-0.3, -0.25) is 0 Å². The molecule has 0 radical (unpaired) electrons. The van der Waals surface area contributed by atoms with E-state index in [4.69, 9.17) is 10.5 Å². The average molecular weight is 186 g/mol. The Morgan fingerprint density at radius 3 is 3.08 bits per heavy atom. The number of carbonyl (C=O) groups excluding carboxylic acids is 1. The molecule has 2 unspecified atom stereocenters. The van der Waals surface area contributed by atoms with Crippen LogP contribution in [0.5, 0.6) is 0 Å². The van der Waals surface area contributed by atoms with Gasteiger partial charge in [0.25, 0.3) is 0 Å². The summed E-state index contributed by atoms with van der Waals surface area (Å²) < 4.78 is 4.99. The molecule has 1 aliphatic heterocycles. The summed E-state index contributed by atoms with van der Waals surface area (Å²) >= 11 is 0. The molecule has 4 nitrogen and oxygen atoms in total. The van der Waals surface area contributed by atoms with Crippen molar-refractivity contribution in [3.05, 3.63) is 0 Å². The fraction of sp³-hybridized carbons (Fsp3) is 0.889. The van der Waals surface area contributed by atoms with Crippen molar-refractivity contribution in [3.63, 3.8) is 0 Å². The van der Waals surface area contributed by atoms with Gasteiger partial charge in [0.05, 0.1) is 6.61 Å². The van der Waals surface area contributed by atoms with Crippen LogP contribution < -0.4 is 5.73 Å². The van der Waals surface area contributed by atoms with Crippen molar-refractivity contribution < 1.29 is 9.53 Å². The molecule has 0 aromatic carbocycles. The summed E-state index contributed by atoms with van der Waals surface area (Å²) in [5, 5.41) is 0. The molecule has 1 rings (SSSR count). The van der Waals surface area contributed by atoms with Gasteiger partial charge in [-0.15, -0.1) is 0 Å². The summed E-state index contributed by atoms with van der Waals surface area (Å²) in [5.74, 6) is 0.778. The van der Waals surface area contributed by atoms with Crippen LogP contribution in [0.3, 0.4) is 0 Å². The van der Waals surface area contributed by atoms with Crippen molar-refractivity contribution >= 4 is 6.09 Å². The Morgan fingerprint density at radius 1 is 1.77 bits per heavy atom. The second-order valence-electron chi connectivity index (χ2n) is 3.93.